The van der Waals surface area contributed by atoms with Crippen LogP contribution in [0.15, 0.2) is 0 Å². The Labute approximate surface area is 130 Å². The van der Waals surface area contributed by atoms with Gasteiger partial charge in [0.05, 0.1) is 0 Å². The SMILES string of the molecule is CCCCCCCCC(CCCCCC)CC(C)(C)C. The molecular weight excluding hydrogens is 240 g/mol. The molecule has 0 amide bonds. The van der Waals surface area contributed by atoms with Crippen LogP contribution in [0.4, 0.5) is 0 Å². The molecule has 0 aliphatic carbocycles. The summed E-state index contributed by atoms with van der Waals surface area (Å²) < 4.78 is 0. The van der Waals surface area contributed by atoms with Gasteiger partial charge in [-0.25, -0.2) is 0 Å². The molecule has 0 heteroatoms. The molecule has 0 saturated carbocycles. The first kappa shape index (κ1) is 20.0. The summed E-state index contributed by atoms with van der Waals surface area (Å²) in [6, 6.07) is 0. The van der Waals surface area contributed by atoms with Gasteiger partial charge in [-0.05, 0) is 17.8 Å². The minimum Gasteiger partial charge on any atom is -0.0654 e. The fraction of sp³-hybridized carbons (Fsp3) is 1.00. The quantitative estimate of drug-likeness (QED) is 0.303. The molecule has 0 fully saturated rings. The smallest absolute Gasteiger partial charge is 0.0380 e. The predicted octanol–water partition coefficient (Wildman–Crippen LogP) is 7.76. The third-order valence-electron chi connectivity index (χ3n) is 4.33. The van der Waals surface area contributed by atoms with Gasteiger partial charge in [-0.1, -0.05) is 112 Å². The van der Waals surface area contributed by atoms with Gasteiger partial charge in [0.25, 0.3) is 0 Å². The van der Waals surface area contributed by atoms with E-state index in [1.807, 2.05) is 0 Å². The van der Waals surface area contributed by atoms with Gasteiger partial charge in [0.2, 0.25) is 0 Å². The van der Waals surface area contributed by atoms with Gasteiger partial charge in [-0.15, -0.1) is 0 Å². The lowest BCUT2D eigenvalue weighted by Gasteiger charge is -2.26. The van der Waals surface area contributed by atoms with Gasteiger partial charge in [0, 0.05) is 0 Å². The van der Waals surface area contributed by atoms with Gasteiger partial charge >= 0.3 is 0 Å². The molecule has 0 saturated heterocycles. The van der Waals surface area contributed by atoms with Crippen molar-refractivity contribution in [1.29, 1.82) is 0 Å². The Morgan fingerprint density at radius 3 is 1.45 bits per heavy atom. The minimum atomic E-state index is 0.512. The maximum Gasteiger partial charge on any atom is -0.0380 e. The molecule has 0 heterocycles. The molecule has 1 atom stereocenters. The number of rotatable bonds is 13. The monoisotopic (exact) mass is 282 g/mol. The lowest BCUT2D eigenvalue weighted by molar-refractivity contribution is 0.260. The van der Waals surface area contributed by atoms with E-state index in [4.69, 9.17) is 0 Å². The lowest BCUT2D eigenvalue weighted by atomic mass is 9.80. The maximum atomic E-state index is 2.41. The molecule has 0 aromatic carbocycles. The maximum absolute atomic E-state index is 2.41. The average molecular weight is 283 g/mol. The van der Waals surface area contributed by atoms with Crippen LogP contribution >= 0.6 is 0 Å². The van der Waals surface area contributed by atoms with E-state index in [0.29, 0.717) is 5.41 Å². The zero-order chi connectivity index (χ0) is 15.3. The van der Waals surface area contributed by atoms with E-state index < -0.39 is 0 Å². The number of unbranched alkanes of at least 4 members (excludes halogenated alkanes) is 8. The summed E-state index contributed by atoms with van der Waals surface area (Å²) in [5, 5.41) is 0. The summed E-state index contributed by atoms with van der Waals surface area (Å²) in [7, 11) is 0. The summed E-state index contributed by atoms with van der Waals surface area (Å²) in [5.41, 5.74) is 0.512. The van der Waals surface area contributed by atoms with Crippen LogP contribution in [0.1, 0.15) is 118 Å². The van der Waals surface area contributed by atoms with E-state index in [2.05, 4.69) is 34.6 Å². The molecule has 0 spiro atoms. The molecule has 122 valence electrons. The topological polar surface area (TPSA) is 0 Å². The summed E-state index contributed by atoms with van der Waals surface area (Å²) >= 11 is 0. The fourth-order valence-corrected chi connectivity index (χ4v) is 3.29. The van der Waals surface area contributed by atoms with E-state index in [9.17, 15) is 0 Å². The average Bonchev–Trinajstić information content (AvgIpc) is 2.36. The van der Waals surface area contributed by atoms with Crippen molar-refractivity contribution in [3.8, 4) is 0 Å². The highest BCUT2D eigenvalue weighted by Gasteiger charge is 2.18. The standard InChI is InChI=1S/C20H42/c1-6-8-10-12-13-15-17-19(18-20(3,4)5)16-14-11-9-7-2/h19H,6-18H2,1-5H3. The molecular formula is C20H42. The highest BCUT2D eigenvalue weighted by Crippen LogP contribution is 2.31. The van der Waals surface area contributed by atoms with Crippen LogP contribution in [0.2, 0.25) is 0 Å². The molecule has 0 radical (unpaired) electrons. The third-order valence-corrected chi connectivity index (χ3v) is 4.33. The summed E-state index contributed by atoms with van der Waals surface area (Å²) in [4.78, 5) is 0. The normalized spacial score (nSPS) is 13.7. The first-order valence-electron chi connectivity index (χ1n) is 9.49. The zero-order valence-corrected chi connectivity index (χ0v) is 15.3. The number of hydrogen-bond acceptors (Lipinski definition) is 0. The van der Waals surface area contributed by atoms with Crippen molar-refractivity contribution in [1.82, 2.24) is 0 Å². The molecule has 1 unspecified atom stereocenters. The van der Waals surface area contributed by atoms with E-state index >= 15 is 0 Å². The Bertz CT molecular complexity index is 187. The molecule has 20 heavy (non-hydrogen) atoms. The van der Waals surface area contributed by atoms with Gasteiger partial charge in [-0.2, -0.15) is 0 Å². The van der Waals surface area contributed by atoms with Gasteiger partial charge < -0.3 is 0 Å². The molecule has 0 aliphatic heterocycles. The van der Waals surface area contributed by atoms with Crippen LogP contribution in [0.25, 0.3) is 0 Å². The largest absolute Gasteiger partial charge is 0.0654 e. The van der Waals surface area contributed by atoms with Crippen molar-refractivity contribution in [2.45, 2.75) is 118 Å². The van der Waals surface area contributed by atoms with Crippen molar-refractivity contribution in [2.75, 3.05) is 0 Å². The van der Waals surface area contributed by atoms with E-state index in [0.717, 1.165) is 5.92 Å². The first-order valence-corrected chi connectivity index (χ1v) is 9.49. The minimum absolute atomic E-state index is 0.512. The van der Waals surface area contributed by atoms with Crippen LogP contribution in [-0.4, -0.2) is 0 Å². The summed E-state index contributed by atoms with van der Waals surface area (Å²) in [6.07, 6.45) is 18.7. The Hall–Kier alpha value is 0. The second kappa shape index (κ2) is 12.7. The van der Waals surface area contributed by atoms with Crippen LogP contribution in [0, 0.1) is 11.3 Å². The molecule has 0 aliphatic rings. The van der Waals surface area contributed by atoms with Crippen LogP contribution in [0.5, 0.6) is 0 Å². The van der Waals surface area contributed by atoms with Crippen molar-refractivity contribution in [3.63, 3.8) is 0 Å². The fourth-order valence-electron chi connectivity index (χ4n) is 3.29. The Balaban J connectivity index is 3.80. The van der Waals surface area contributed by atoms with Gasteiger partial charge in [0.1, 0.15) is 0 Å². The highest BCUT2D eigenvalue weighted by molar-refractivity contribution is 4.70. The van der Waals surface area contributed by atoms with Crippen molar-refractivity contribution in [3.05, 3.63) is 0 Å². The van der Waals surface area contributed by atoms with Gasteiger partial charge in [-0.3, -0.25) is 0 Å². The first-order chi connectivity index (χ1) is 9.49. The highest BCUT2D eigenvalue weighted by atomic mass is 14.2. The molecule has 0 aromatic rings. The predicted molar refractivity (Wildman–Crippen MR) is 94.3 cm³/mol. The van der Waals surface area contributed by atoms with Gasteiger partial charge in [0.15, 0.2) is 0 Å². The van der Waals surface area contributed by atoms with Crippen molar-refractivity contribution < 1.29 is 0 Å². The molecule has 0 N–H and O–H groups in total. The van der Waals surface area contributed by atoms with Crippen molar-refractivity contribution in [2.24, 2.45) is 11.3 Å². The second-order valence-corrected chi connectivity index (χ2v) is 8.04. The molecule has 0 bridgehead atoms. The van der Waals surface area contributed by atoms with E-state index in [1.54, 1.807) is 0 Å². The van der Waals surface area contributed by atoms with E-state index in [-0.39, 0.29) is 0 Å². The number of hydrogen-bond donors (Lipinski definition) is 0. The zero-order valence-electron chi connectivity index (χ0n) is 15.3. The summed E-state index contributed by atoms with van der Waals surface area (Å²) in [5.74, 6) is 0.984. The van der Waals surface area contributed by atoms with Crippen molar-refractivity contribution >= 4 is 0 Å². The Morgan fingerprint density at radius 2 is 1.00 bits per heavy atom. The Kier molecular flexibility index (Phi) is 12.7. The lowest BCUT2D eigenvalue weighted by Crippen LogP contribution is -2.13. The molecule has 0 nitrogen and oxygen atoms in total. The van der Waals surface area contributed by atoms with E-state index in [1.165, 1.54) is 83.5 Å². The third kappa shape index (κ3) is 14.4. The summed E-state index contributed by atoms with van der Waals surface area (Å²) in [6.45, 7) is 11.8. The second-order valence-electron chi connectivity index (χ2n) is 8.04. The van der Waals surface area contributed by atoms with Crippen LogP contribution in [-0.2, 0) is 0 Å². The van der Waals surface area contributed by atoms with Crippen LogP contribution < -0.4 is 0 Å². The Morgan fingerprint density at radius 1 is 0.600 bits per heavy atom. The molecule has 0 aromatic heterocycles. The van der Waals surface area contributed by atoms with Crippen LogP contribution in [0.3, 0.4) is 0 Å². The molecule has 0 rings (SSSR count).